The number of ether oxygens (including phenoxy) is 1. The van der Waals surface area contributed by atoms with Crippen molar-refractivity contribution in [1.29, 1.82) is 0 Å². The molecule has 1 unspecified atom stereocenters. The number of nitrogens with zero attached hydrogens (tertiary/aromatic N) is 1. The van der Waals surface area contributed by atoms with Crippen LogP contribution in [0.25, 0.3) is 0 Å². The van der Waals surface area contributed by atoms with E-state index in [1.54, 1.807) is 7.11 Å². The lowest BCUT2D eigenvalue weighted by molar-refractivity contribution is 0.00469. The van der Waals surface area contributed by atoms with Gasteiger partial charge in [-0.1, -0.05) is 31.2 Å². The summed E-state index contributed by atoms with van der Waals surface area (Å²) >= 11 is 0. The van der Waals surface area contributed by atoms with Crippen molar-refractivity contribution < 1.29 is 9.84 Å². The van der Waals surface area contributed by atoms with E-state index in [1.807, 2.05) is 0 Å². The number of aliphatic hydroxyl groups excluding tert-OH is 1. The summed E-state index contributed by atoms with van der Waals surface area (Å²) in [4.78, 5) is 2.50. The molecule has 1 N–H and O–H groups in total. The number of methoxy groups -OCH3 is 1. The van der Waals surface area contributed by atoms with Crippen LogP contribution >= 0.6 is 0 Å². The highest BCUT2D eigenvalue weighted by atomic mass is 16.5. The number of rotatable bonds is 7. The van der Waals surface area contributed by atoms with Crippen LogP contribution in [0.3, 0.4) is 0 Å². The molecule has 0 amide bonds. The van der Waals surface area contributed by atoms with Crippen molar-refractivity contribution in [3.63, 3.8) is 0 Å². The molecule has 1 fully saturated rings. The average Bonchev–Trinajstić information content (AvgIpc) is 2.54. The molecule has 1 aliphatic heterocycles. The minimum atomic E-state index is 0.0232. The maximum Gasteiger partial charge on any atom is 0.0500 e. The minimum Gasteiger partial charge on any atom is -0.396 e. The highest BCUT2D eigenvalue weighted by Gasteiger charge is 2.34. The minimum absolute atomic E-state index is 0.0232. The van der Waals surface area contributed by atoms with E-state index in [0.29, 0.717) is 0 Å². The van der Waals surface area contributed by atoms with Gasteiger partial charge in [-0.15, -0.1) is 0 Å². The molecule has 1 saturated heterocycles. The van der Waals surface area contributed by atoms with E-state index in [0.717, 1.165) is 45.5 Å². The third kappa shape index (κ3) is 4.29. The molecule has 0 bridgehead atoms. The first kappa shape index (κ1) is 16.5. The van der Waals surface area contributed by atoms with Crippen LogP contribution in [0.4, 0.5) is 0 Å². The van der Waals surface area contributed by atoms with Gasteiger partial charge >= 0.3 is 0 Å². The Kier molecular flexibility index (Phi) is 6.22. The highest BCUT2D eigenvalue weighted by molar-refractivity contribution is 5.27. The molecular formula is C18H29NO2. The molecule has 1 atom stereocenters. The molecule has 1 aliphatic rings. The van der Waals surface area contributed by atoms with Crippen LogP contribution < -0.4 is 0 Å². The van der Waals surface area contributed by atoms with E-state index in [1.165, 1.54) is 17.5 Å². The monoisotopic (exact) mass is 291 g/mol. The number of hydrogen-bond donors (Lipinski definition) is 1. The van der Waals surface area contributed by atoms with Crippen LogP contribution in [-0.4, -0.2) is 43.4 Å². The van der Waals surface area contributed by atoms with Gasteiger partial charge in [0.1, 0.15) is 0 Å². The number of hydrogen-bond acceptors (Lipinski definition) is 3. The van der Waals surface area contributed by atoms with E-state index in [4.69, 9.17) is 4.74 Å². The van der Waals surface area contributed by atoms with E-state index >= 15 is 0 Å². The summed E-state index contributed by atoms with van der Waals surface area (Å²) in [7, 11) is 1.74. The molecule has 1 heterocycles. The Morgan fingerprint density at radius 3 is 2.71 bits per heavy atom. The molecule has 21 heavy (non-hydrogen) atoms. The van der Waals surface area contributed by atoms with Crippen LogP contribution in [0.15, 0.2) is 24.3 Å². The van der Waals surface area contributed by atoms with Gasteiger partial charge in [0, 0.05) is 32.2 Å². The quantitative estimate of drug-likeness (QED) is 0.838. The SMILES string of the molecule is CCc1ccccc1CN1CCCC(CO)(CCOC)C1. The molecule has 0 spiro atoms. The van der Waals surface area contributed by atoms with Gasteiger partial charge in [-0.2, -0.15) is 0 Å². The third-order valence-electron chi connectivity index (χ3n) is 4.81. The number of benzene rings is 1. The lowest BCUT2D eigenvalue weighted by atomic mass is 9.78. The first-order chi connectivity index (χ1) is 10.2. The third-order valence-corrected chi connectivity index (χ3v) is 4.81. The van der Waals surface area contributed by atoms with Crippen molar-refractivity contribution in [2.75, 3.05) is 33.4 Å². The van der Waals surface area contributed by atoms with Gasteiger partial charge in [0.05, 0.1) is 6.61 Å². The average molecular weight is 291 g/mol. The molecule has 0 radical (unpaired) electrons. The first-order valence-corrected chi connectivity index (χ1v) is 8.12. The Balaban J connectivity index is 2.03. The Bertz CT molecular complexity index is 435. The van der Waals surface area contributed by atoms with Gasteiger partial charge in [0.15, 0.2) is 0 Å². The van der Waals surface area contributed by atoms with Crippen molar-refractivity contribution in [2.45, 2.75) is 39.2 Å². The molecule has 3 heteroatoms. The molecule has 1 aromatic carbocycles. The van der Waals surface area contributed by atoms with Crippen molar-refractivity contribution in [3.8, 4) is 0 Å². The van der Waals surface area contributed by atoms with Gasteiger partial charge in [0.25, 0.3) is 0 Å². The zero-order valence-corrected chi connectivity index (χ0v) is 13.5. The van der Waals surface area contributed by atoms with Crippen LogP contribution in [-0.2, 0) is 17.7 Å². The lowest BCUT2D eigenvalue weighted by Crippen LogP contribution is -2.45. The smallest absolute Gasteiger partial charge is 0.0500 e. The van der Waals surface area contributed by atoms with E-state index in [2.05, 4.69) is 36.1 Å². The van der Waals surface area contributed by atoms with E-state index < -0.39 is 0 Å². The molecule has 0 aliphatic carbocycles. The van der Waals surface area contributed by atoms with Gasteiger partial charge in [0.2, 0.25) is 0 Å². The van der Waals surface area contributed by atoms with Crippen molar-refractivity contribution in [3.05, 3.63) is 35.4 Å². The molecule has 1 aromatic rings. The maximum absolute atomic E-state index is 9.87. The Morgan fingerprint density at radius 1 is 1.29 bits per heavy atom. The molecule has 2 rings (SSSR count). The molecule has 0 aromatic heterocycles. The number of aliphatic hydroxyl groups is 1. The van der Waals surface area contributed by atoms with Crippen LogP contribution in [0, 0.1) is 5.41 Å². The molecule has 3 nitrogen and oxygen atoms in total. The van der Waals surface area contributed by atoms with Crippen molar-refractivity contribution in [2.24, 2.45) is 5.41 Å². The van der Waals surface area contributed by atoms with Crippen molar-refractivity contribution in [1.82, 2.24) is 4.90 Å². The summed E-state index contributed by atoms with van der Waals surface area (Å²) in [6, 6.07) is 8.71. The molecule has 0 saturated carbocycles. The first-order valence-electron chi connectivity index (χ1n) is 8.12. The summed E-state index contributed by atoms with van der Waals surface area (Å²) in [5.41, 5.74) is 2.89. The Morgan fingerprint density at radius 2 is 2.05 bits per heavy atom. The Labute approximate surface area is 128 Å². The summed E-state index contributed by atoms with van der Waals surface area (Å²) in [5.74, 6) is 0. The number of aryl methyl sites for hydroxylation is 1. The van der Waals surface area contributed by atoms with Gasteiger partial charge in [-0.25, -0.2) is 0 Å². The fourth-order valence-electron chi connectivity index (χ4n) is 3.47. The normalized spacial score (nSPS) is 23.4. The second-order valence-corrected chi connectivity index (χ2v) is 6.34. The van der Waals surface area contributed by atoms with Crippen LogP contribution in [0.2, 0.25) is 0 Å². The molecular weight excluding hydrogens is 262 g/mol. The molecule has 118 valence electrons. The summed E-state index contributed by atoms with van der Waals surface area (Å²) < 4.78 is 5.23. The van der Waals surface area contributed by atoms with Crippen LogP contribution in [0.5, 0.6) is 0 Å². The summed E-state index contributed by atoms with van der Waals surface area (Å²) in [6.07, 6.45) is 4.31. The highest BCUT2D eigenvalue weighted by Crippen LogP contribution is 2.34. The Hall–Kier alpha value is -0.900. The van der Waals surface area contributed by atoms with Gasteiger partial charge < -0.3 is 9.84 Å². The number of piperidine rings is 1. The predicted octanol–water partition coefficient (Wildman–Crippen LogP) is 2.86. The van der Waals surface area contributed by atoms with Gasteiger partial charge in [-0.05, 0) is 43.4 Å². The maximum atomic E-state index is 9.87. The van der Waals surface area contributed by atoms with Crippen molar-refractivity contribution >= 4 is 0 Å². The van der Waals surface area contributed by atoms with Gasteiger partial charge in [-0.3, -0.25) is 4.90 Å². The fourth-order valence-corrected chi connectivity index (χ4v) is 3.47. The fraction of sp³-hybridized carbons (Fsp3) is 0.667. The van der Waals surface area contributed by atoms with Crippen LogP contribution in [0.1, 0.15) is 37.3 Å². The predicted molar refractivity (Wildman–Crippen MR) is 86.3 cm³/mol. The zero-order chi connectivity index (χ0) is 15.1. The summed E-state index contributed by atoms with van der Waals surface area (Å²) in [6.45, 7) is 6.32. The van der Waals surface area contributed by atoms with E-state index in [-0.39, 0.29) is 12.0 Å². The summed E-state index contributed by atoms with van der Waals surface area (Å²) in [5, 5.41) is 9.87. The second kappa shape index (κ2) is 7.92. The standard InChI is InChI=1S/C18H29NO2/c1-3-16-7-4-5-8-17(16)13-19-11-6-9-18(14-19,15-20)10-12-21-2/h4-5,7-8,20H,3,6,9-15H2,1-2H3. The van der Waals surface area contributed by atoms with E-state index in [9.17, 15) is 5.11 Å². The zero-order valence-electron chi connectivity index (χ0n) is 13.5. The lowest BCUT2D eigenvalue weighted by Gasteiger charge is -2.42. The second-order valence-electron chi connectivity index (χ2n) is 6.34. The topological polar surface area (TPSA) is 32.7 Å². The number of likely N-dealkylation sites (tertiary alicyclic amines) is 1. The largest absolute Gasteiger partial charge is 0.396 e.